The molecule has 0 saturated heterocycles. The Bertz CT molecular complexity index is 1610. The number of ketones is 1. The van der Waals surface area contributed by atoms with Crippen LogP contribution in [0, 0.1) is 0 Å². The first-order chi connectivity index (χ1) is 15.8. The SMILES string of the molecule is O=C(/C=C/c1nccc2c1[nH]c1ccccc12)c1ccc(-c2nc3ccccc3s2)cc1. The van der Waals surface area contributed by atoms with E-state index in [0.717, 1.165) is 48.3 Å². The van der Waals surface area contributed by atoms with Crippen LogP contribution in [0.1, 0.15) is 16.1 Å². The summed E-state index contributed by atoms with van der Waals surface area (Å²) in [6, 6.07) is 25.8. The van der Waals surface area contributed by atoms with Crippen molar-refractivity contribution < 1.29 is 4.79 Å². The number of benzene rings is 3. The molecule has 0 aliphatic rings. The summed E-state index contributed by atoms with van der Waals surface area (Å²) in [5.74, 6) is -0.0595. The van der Waals surface area contributed by atoms with E-state index in [1.54, 1.807) is 29.7 Å². The Morgan fingerprint density at radius 1 is 0.875 bits per heavy atom. The lowest BCUT2D eigenvalue weighted by Crippen LogP contribution is -1.94. The Morgan fingerprint density at radius 2 is 1.69 bits per heavy atom. The minimum Gasteiger partial charge on any atom is -0.353 e. The summed E-state index contributed by atoms with van der Waals surface area (Å²) in [6.07, 6.45) is 5.14. The van der Waals surface area contributed by atoms with Crippen LogP contribution in [-0.2, 0) is 0 Å². The summed E-state index contributed by atoms with van der Waals surface area (Å²) in [5.41, 5.74) is 5.38. The van der Waals surface area contributed by atoms with Gasteiger partial charge in [-0.1, -0.05) is 54.6 Å². The molecule has 0 aliphatic carbocycles. The first-order valence-corrected chi connectivity index (χ1v) is 11.1. The van der Waals surface area contributed by atoms with E-state index in [-0.39, 0.29) is 5.78 Å². The van der Waals surface area contributed by atoms with Gasteiger partial charge in [0, 0.05) is 33.6 Å². The van der Waals surface area contributed by atoms with E-state index in [1.807, 2.05) is 66.7 Å². The zero-order valence-corrected chi connectivity index (χ0v) is 17.8. The number of allylic oxidation sites excluding steroid dienone is 1. The van der Waals surface area contributed by atoms with Gasteiger partial charge in [-0.25, -0.2) is 4.98 Å². The standard InChI is InChI=1S/C27H17N3OS/c31-24(14-13-23-26-20(15-16-28-23)19-5-1-2-6-21(19)29-26)17-9-11-18(12-10-17)27-30-22-7-3-4-8-25(22)32-27/h1-16,29H/b14-13+. The minimum absolute atomic E-state index is 0.0595. The third-order valence-corrected chi connectivity index (χ3v) is 6.65. The van der Waals surface area contributed by atoms with E-state index < -0.39 is 0 Å². The summed E-state index contributed by atoms with van der Waals surface area (Å²) in [5, 5.41) is 3.20. The largest absolute Gasteiger partial charge is 0.353 e. The molecule has 0 spiro atoms. The number of aromatic nitrogens is 3. The van der Waals surface area contributed by atoms with Crippen LogP contribution in [0.5, 0.6) is 0 Å². The van der Waals surface area contributed by atoms with Crippen LogP contribution in [0.15, 0.2) is 91.1 Å². The molecule has 32 heavy (non-hydrogen) atoms. The highest BCUT2D eigenvalue weighted by Crippen LogP contribution is 2.30. The van der Waals surface area contributed by atoms with E-state index in [9.17, 15) is 4.79 Å². The van der Waals surface area contributed by atoms with Gasteiger partial charge in [0.25, 0.3) is 0 Å². The van der Waals surface area contributed by atoms with Crippen LogP contribution in [0.2, 0.25) is 0 Å². The number of carbonyl (C=O) groups excluding carboxylic acids is 1. The molecule has 0 aliphatic heterocycles. The number of nitrogens with one attached hydrogen (secondary N) is 1. The van der Waals surface area contributed by atoms with Crippen molar-refractivity contribution in [3.8, 4) is 10.6 Å². The van der Waals surface area contributed by atoms with Gasteiger partial charge in [0.05, 0.1) is 21.4 Å². The molecule has 0 atom stereocenters. The predicted molar refractivity (Wildman–Crippen MR) is 132 cm³/mol. The molecule has 0 bridgehead atoms. The Morgan fingerprint density at radius 3 is 2.56 bits per heavy atom. The first kappa shape index (κ1) is 18.7. The van der Waals surface area contributed by atoms with Crippen molar-refractivity contribution >= 4 is 55.2 Å². The summed E-state index contributed by atoms with van der Waals surface area (Å²) >= 11 is 1.65. The number of aromatic amines is 1. The highest BCUT2D eigenvalue weighted by Gasteiger charge is 2.09. The van der Waals surface area contributed by atoms with Gasteiger partial charge < -0.3 is 4.98 Å². The molecule has 3 aromatic carbocycles. The second kappa shape index (κ2) is 7.55. The Labute approximate surface area is 187 Å². The average molecular weight is 432 g/mol. The number of hydrogen-bond donors (Lipinski definition) is 1. The fourth-order valence-corrected chi connectivity index (χ4v) is 4.92. The zero-order chi connectivity index (χ0) is 21.5. The van der Waals surface area contributed by atoms with Crippen molar-refractivity contribution in [1.82, 2.24) is 15.0 Å². The summed E-state index contributed by atoms with van der Waals surface area (Å²) in [7, 11) is 0. The number of thiazole rings is 1. The van der Waals surface area contributed by atoms with Gasteiger partial charge in [-0.15, -0.1) is 11.3 Å². The zero-order valence-electron chi connectivity index (χ0n) is 16.9. The molecule has 3 aromatic heterocycles. The van der Waals surface area contributed by atoms with Crippen molar-refractivity contribution in [2.45, 2.75) is 0 Å². The molecule has 4 nitrogen and oxygen atoms in total. The summed E-state index contributed by atoms with van der Waals surface area (Å²) in [4.78, 5) is 25.3. The van der Waals surface area contributed by atoms with E-state index >= 15 is 0 Å². The maximum atomic E-state index is 12.8. The molecule has 6 aromatic rings. The van der Waals surface area contributed by atoms with Gasteiger partial charge in [-0.2, -0.15) is 0 Å². The lowest BCUT2D eigenvalue weighted by Gasteiger charge is -2.00. The number of carbonyl (C=O) groups is 1. The van der Waals surface area contributed by atoms with Crippen LogP contribution in [-0.4, -0.2) is 20.7 Å². The summed E-state index contributed by atoms with van der Waals surface area (Å²) < 4.78 is 1.16. The molecule has 1 N–H and O–H groups in total. The quantitative estimate of drug-likeness (QED) is 0.244. The van der Waals surface area contributed by atoms with Gasteiger partial charge in [0.1, 0.15) is 5.01 Å². The fraction of sp³-hybridized carbons (Fsp3) is 0. The van der Waals surface area contributed by atoms with E-state index in [1.165, 1.54) is 0 Å². The second-order valence-electron chi connectivity index (χ2n) is 7.55. The maximum Gasteiger partial charge on any atom is 0.185 e. The second-order valence-corrected chi connectivity index (χ2v) is 8.58. The molecule has 6 rings (SSSR count). The molecule has 0 amide bonds. The van der Waals surface area contributed by atoms with Crippen LogP contribution < -0.4 is 0 Å². The predicted octanol–water partition coefficient (Wildman–Crippen LogP) is 6.89. The highest BCUT2D eigenvalue weighted by molar-refractivity contribution is 7.21. The van der Waals surface area contributed by atoms with Crippen molar-refractivity contribution in [2.24, 2.45) is 0 Å². The molecule has 0 radical (unpaired) electrons. The average Bonchev–Trinajstić information content (AvgIpc) is 3.44. The monoisotopic (exact) mass is 431 g/mol. The Hall–Kier alpha value is -4.09. The topological polar surface area (TPSA) is 58.6 Å². The van der Waals surface area contributed by atoms with Gasteiger partial charge in [-0.05, 0) is 36.4 Å². The van der Waals surface area contributed by atoms with E-state index in [2.05, 4.69) is 27.1 Å². The smallest absolute Gasteiger partial charge is 0.185 e. The third-order valence-electron chi connectivity index (χ3n) is 5.56. The molecule has 3 heterocycles. The van der Waals surface area contributed by atoms with Gasteiger partial charge in [0.15, 0.2) is 5.78 Å². The summed E-state index contributed by atoms with van der Waals surface area (Å²) in [6.45, 7) is 0. The number of rotatable bonds is 4. The first-order valence-electron chi connectivity index (χ1n) is 10.3. The number of pyridine rings is 1. The Balaban J connectivity index is 1.28. The Kier molecular flexibility index (Phi) is 4.40. The molecule has 5 heteroatoms. The number of fused-ring (bicyclic) bond motifs is 4. The van der Waals surface area contributed by atoms with Crippen molar-refractivity contribution in [2.75, 3.05) is 0 Å². The number of hydrogen-bond acceptors (Lipinski definition) is 4. The fourth-order valence-electron chi connectivity index (χ4n) is 3.95. The maximum absolute atomic E-state index is 12.8. The number of para-hydroxylation sites is 2. The van der Waals surface area contributed by atoms with Crippen LogP contribution in [0.25, 0.3) is 48.7 Å². The van der Waals surface area contributed by atoms with E-state index in [0.29, 0.717) is 5.56 Å². The minimum atomic E-state index is -0.0595. The number of nitrogens with zero attached hydrogens (tertiary/aromatic N) is 2. The molecular weight excluding hydrogens is 414 g/mol. The van der Waals surface area contributed by atoms with Gasteiger partial charge >= 0.3 is 0 Å². The van der Waals surface area contributed by atoms with Crippen LogP contribution >= 0.6 is 11.3 Å². The molecule has 0 unspecified atom stereocenters. The molecule has 0 saturated carbocycles. The molecule has 0 fully saturated rings. The third kappa shape index (κ3) is 3.20. The van der Waals surface area contributed by atoms with Gasteiger partial charge in [0.2, 0.25) is 0 Å². The van der Waals surface area contributed by atoms with Crippen LogP contribution in [0.3, 0.4) is 0 Å². The molecule has 152 valence electrons. The number of H-pyrrole nitrogens is 1. The van der Waals surface area contributed by atoms with Crippen molar-refractivity contribution in [1.29, 1.82) is 0 Å². The van der Waals surface area contributed by atoms with Crippen LogP contribution in [0.4, 0.5) is 0 Å². The van der Waals surface area contributed by atoms with Crippen molar-refractivity contribution in [3.63, 3.8) is 0 Å². The lowest BCUT2D eigenvalue weighted by atomic mass is 10.1. The molecular formula is C27H17N3OS. The highest BCUT2D eigenvalue weighted by atomic mass is 32.1. The normalized spacial score (nSPS) is 11.8. The van der Waals surface area contributed by atoms with Crippen molar-refractivity contribution in [3.05, 3.63) is 102 Å². The van der Waals surface area contributed by atoms with Gasteiger partial charge in [-0.3, -0.25) is 9.78 Å². The lowest BCUT2D eigenvalue weighted by molar-refractivity contribution is 0.104. The van der Waals surface area contributed by atoms with E-state index in [4.69, 9.17) is 0 Å².